The van der Waals surface area contributed by atoms with Crippen LogP contribution in [0.25, 0.3) is 0 Å². The van der Waals surface area contributed by atoms with E-state index in [1.54, 1.807) is 0 Å². The molecule has 0 aromatic carbocycles. The normalized spacial score (nSPS) is 11.4. The lowest BCUT2D eigenvalue weighted by Gasteiger charge is -2.04. The third-order valence-corrected chi connectivity index (χ3v) is 2.86. The van der Waals surface area contributed by atoms with E-state index in [4.69, 9.17) is 4.42 Å². The lowest BCUT2D eigenvalue weighted by molar-refractivity contribution is 0.445. The molecule has 0 aliphatic heterocycles. The van der Waals surface area contributed by atoms with E-state index in [0.717, 1.165) is 30.3 Å². The highest BCUT2D eigenvalue weighted by atomic mass is 16.3. The van der Waals surface area contributed by atoms with Crippen LogP contribution in [-0.2, 0) is 13.1 Å². The SMILES string of the molecule is Cc1ccn(Cc2cc(CNC(C)C)oc2C)n1. The zero-order valence-electron chi connectivity index (χ0n) is 11.5. The van der Waals surface area contributed by atoms with Crippen molar-refractivity contribution in [3.8, 4) is 0 Å². The third-order valence-electron chi connectivity index (χ3n) is 2.86. The lowest BCUT2D eigenvalue weighted by atomic mass is 10.2. The van der Waals surface area contributed by atoms with Gasteiger partial charge in [-0.1, -0.05) is 13.8 Å². The molecule has 2 heterocycles. The average Bonchev–Trinajstić information content (AvgIpc) is 2.84. The first-order valence-corrected chi connectivity index (χ1v) is 6.36. The van der Waals surface area contributed by atoms with Crippen LogP contribution in [0.1, 0.15) is 36.6 Å². The molecule has 0 unspecified atom stereocenters. The van der Waals surface area contributed by atoms with Crippen LogP contribution in [-0.4, -0.2) is 15.8 Å². The summed E-state index contributed by atoms with van der Waals surface area (Å²) in [6, 6.07) is 4.59. The smallest absolute Gasteiger partial charge is 0.118 e. The fraction of sp³-hybridized carbons (Fsp3) is 0.500. The first-order valence-electron chi connectivity index (χ1n) is 6.36. The van der Waals surface area contributed by atoms with Gasteiger partial charge in [-0.3, -0.25) is 4.68 Å². The van der Waals surface area contributed by atoms with Crippen molar-refractivity contribution in [2.75, 3.05) is 0 Å². The molecule has 4 nitrogen and oxygen atoms in total. The van der Waals surface area contributed by atoms with Crippen molar-refractivity contribution in [1.29, 1.82) is 0 Å². The van der Waals surface area contributed by atoms with Gasteiger partial charge in [0.2, 0.25) is 0 Å². The zero-order chi connectivity index (χ0) is 13.1. The number of hydrogen-bond acceptors (Lipinski definition) is 3. The van der Waals surface area contributed by atoms with Crippen LogP contribution in [0.2, 0.25) is 0 Å². The quantitative estimate of drug-likeness (QED) is 0.883. The van der Waals surface area contributed by atoms with Crippen LogP contribution in [0.5, 0.6) is 0 Å². The van der Waals surface area contributed by atoms with Gasteiger partial charge in [0.15, 0.2) is 0 Å². The summed E-state index contributed by atoms with van der Waals surface area (Å²) in [4.78, 5) is 0. The van der Waals surface area contributed by atoms with Crippen LogP contribution >= 0.6 is 0 Å². The maximum absolute atomic E-state index is 5.74. The van der Waals surface area contributed by atoms with Crippen molar-refractivity contribution >= 4 is 0 Å². The number of furan rings is 1. The summed E-state index contributed by atoms with van der Waals surface area (Å²) in [7, 11) is 0. The molecule has 0 aliphatic rings. The highest BCUT2D eigenvalue weighted by Gasteiger charge is 2.08. The molecule has 0 radical (unpaired) electrons. The maximum Gasteiger partial charge on any atom is 0.118 e. The van der Waals surface area contributed by atoms with Gasteiger partial charge in [-0.2, -0.15) is 5.10 Å². The second-order valence-electron chi connectivity index (χ2n) is 4.98. The molecule has 2 rings (SSSR count). The second kappa shape index (κ2) is 5.40. The summed E-state index contributed by atoms with van der Waals surface area (Å²) in [5.74, 6) is 1.96. The molecule has 0 aliphatic carbocycles. The van der Waals surface area contributed by atoms with E-state index >= 15 is 0 Å². The molecule has 2 aromatic rings. The Morgan fingerprint density at radius 1 is 1.39 bits per heavy atom. The molecule has 4 heteroatoms. The second-order valence-corrected chi connectivity index (χ2v) is 4.98. The Labute approximate surface area is 108 Å². The molecule has 0 spiro atoms. The molecule has 1 N–H and O–H groups in total. The van der Waals surface area contributed by atoms with Crippen LogP contribution in [0.3, 0.4) is 0 Å². The molecule has 98 valence electrons. The maximum atomic E-state index is 5.74. The fourth-order valence-electron chi connectivity index (χ4n) is 1.86. The summed E-state index contributed by atoms with van der Waals surface area (Å²) < 4.78 is 7.68. The Morgan fingerprint density at radius 2 is 2.17 bits per heavy atom. The van der Waals surface area contributed by atoms with Gasteiger partial charge < -0.3 is 9.73 Å². The number of aromatic nitrogens is 2. The first kappa shape index (κ1) is 12.9. The first-order chi connectivity index (χ1) is 8.54. The van der Waals surface area contributed by atoms with Gasteiger partial charge in [-0.05, 0) is 26.0 Å². The molecule has 0 saturated heterocycles. The molecule has 18 heavy (non-hydrogen) atoms. The molecule has 0 amide bonds. The Balaban J connectivity index is 2.04. The van der Waals surface area contributed by atoms with E-state index in [-0.39, 0.29) is 0 Å². The molecular formula is C14H21N3O. The highest BCUT2D eigenvalue weighted by molar-refractivity contribution is 5.21. The van der Waals surface area contributed by atoms with Gasteiger partial charge in [0.25, 0.3) is 0 Å². The number of rotatable bonds is 5. The summed E-state index contributed by atoms with van der Waals surface area (Å²) >= 11 is 0. The summed E-state index contributed by atoms with van der Waals surface area (Å²) in [6.07, 6.45) is 1.99. The zero-order valence-corrected chi connectivity index (χ0v) is 11.5. The largest absolute Gasteiger partial charge is 0.465 e. The van der Waals surface area contributed by atoms with Crippen molar-refractivity contribution in [3.05, 3.63) is 41.1 Å². The van der Waals surface area contributed by atoms with E-state index in [1.165, 1.54) is 5.56 Å². The minimum atomic E-state index is 0.465. The predicted molar refractivity (Wildman–Crippen MR) is 71.5 cm³/mol. The van der Waals surface area contributed by atoms with Crippen LogP contribution in [0.4, 0.5) is 0 Å². The van der Waals surface area contributed by atoms with Crippen LogP contribution in [0.15, 0.2) is 22.7 Å². The van der Waals surface area contributed by atoms with Crippen molar-refractivity contribution in [2.24, 2.45) is 0 Å². The molecule has 2 aromatic heterocycles. The van der Waals surface area contributed by atoms with Crippen molar-refractivity contribution in [1.82, 2.24) is 15.1 Å². The van der Waals surface area contributed by atoms with Gasteiger partial charge >= 0.3 is 0 Å². The third kappa shape index (κ3) is 3.23. The lowest BCUT2D eigenvalue weighted by Crippen LogP contribution is -2.21. The Kier molecular flexibility index (Phi) is 3.87. The van der Waals surface area contributed by atoms with Gasteiger partial charge in [0.1, 0.15) is 11.5 Å². The van der Waals surface area contributed by atoms with Gasteiger partial charge in [-0.25, -0.2) is 0 Å². The van der Waals surface area contributed by atoms with Crippen molar-refractivity contribution < 1.29 is 4.42 Å². The Bertz CT molecular complexity index is 511. The minimum absolute atomic E-state index is 0.465. The molecular weight excluding hydrogens is 226 g/mol. The minimum Gasteiger partial charge on any atom is -0.465 e. The summed E-state index contributed by atoms with van der Waals surface area (Å²) in [5, 5.41) is 7.74. The predicted octanol–water partition coefficient (Wildman–Crippen LogP) is 2.64. The Morgan fingerprint density at radius 3 is 2.78 bits per heavy atom. The fourth-order valence-corrected chi connectivity index (χ4v) is 1.86. The van der Waals surface area contributed by atoms with Crippen LogP contribution in [0, 0.1) is 13.8 Å². The molecule has 0 saturated carbocycles. The van der Waals surface area contributed by atoms with Gasteiger partial charge in [0, 0.05) is 17.8 Å². The summed E-state index contributed by atoms with van der Waals surface area (Å²) in [5.41, 5.74) is 2.23. The van der Waals surface area contributed by atoms with E-state index in [9.17, 15) is 0 Å². The monoisotopic (exact) mass is 247 g/mol. The average molecular weight is 247 g/mol. The standard InChI is InChI=1S/C14H21N3O/c1-10(2)15-8-14-7-13(12(4)18-14)9-17-6-5-11(3)16-17/h5-7,10,15H,8-9H2,1-4H3. The van der Waals surface area contributed by atoms with E-state index in [2.05, 4.69) is 30.3 Å². The van der Waals surface area contributed by atoms with Gasteiger partial charge in [0.05, 0.1) is 18.8 Å². The van der Waals surface area contributed by atoms with Crippen molar-refractivity contribution in [2.45, 2.75) is 46.8 Å². The molecule has 0 bridgehead atoms. The summed E-state index contributed by atoms with van der Waals surface area (Å²) in [6.45, 7) is 9.80. The number of nitrogens with zero attached hydrogens (tertiary/aromatic N) is 2. The molecule has 0 fully saturated rings. The number of hydrogen-bond donors (Lipinski definition) is 1. The molecule has 0 atom stereocenters. The topological polar surface area (TPSA) is 43.0 Å². The van der Waals surface area contributed by atoms with Gasteiger partial charge in [-0.15, -0.1) is 0 Å². The Hall–Kier alpha value is -1.55. The van der Waals surface area contributed by atoms with Crippen molar-refractivity contribution in [3.63, 3.8) is 0 Å². The van der Waals surface area contributed by atoms with Crippen LogP contribution < -0.4 is 5.32 Å². The number of nitrogens with one attached hydrogen (secondary N) is 1. The van der Waals surface area contributed by atoms with E-state index in [1.807, 2.05) is 30.8 Å². The number of aryl methyl sites for hydroxylation is 2. The van der Waals surface area contributed by atoms with E-state index in [0.29, 0.717) is 6.04 Å². The highest BCUT2D eigenvalue weighted by Crippen LogP contribution is 2.16. The van der Waals surface area contributed by atoms with E-state index < -0.39 is 0 Å².